The molecule has 3 aromatic rings. The minimum Gasteiger partial charge on any atom is -0.309 e. The van der Waals surface area contributed by atoms with E-state index in [-0.39, 0.29) is 10.8 Å². The van der Waals surface area contributed by atoms with E-state index >= 15 is 0 Å². The maximum atomic E-state index is 12.0. The fourth-order valence-corrected chi connectivity index (χ4v) is 3.85. The highest BCUT2D eigenvalue weighted by Gasteiger charge is 2.14. The Morgan fingerprint density at radius 2 is 2.10 bits per heavy atom. The number of para-hydroxylation sites is 1. The molecule has 1 N–H and O–H groups in total. The van der Waals surface area contributed by atoms with Crippen LogP contribution >= 0.6 is 23.1 Å². The van der Waals surface area contributed by atoms with Gasteiger partial charge in [0, 0.05) is 0 Å². The third kappa shape index (κ3) is 2.59. The summed E-state index contributed by atoms with van der Waals surface area (Å²) >= 11 is 3.09. The largest absolute Gasteiger partial charge is 0.309 e. The quantitative estimate of drug-likeness (QED) is 0.753. The van der Waals surface area contributed by atoms with Gasteiger partial charge in [0.15, 0.2) is 4.34 Å². The molecule has 7 heteroatoms. The van der Waals surface area contributed by atoms with E-state index in [1.54, 1.807) is 17.8 Å². The van der Waals surface area contributed by atoms with Crippen LogP contribution in [0.4, 0.5) is 0 Å². The normalized spacial score (nSPS) is 12.7. The number of hydrogen-bond donors (Lipinski definition) is 1. The lowest BCUT2D eigenvalue weighted by Crippen LogP contribution is -2.12. The molecule has 5 nitrogen and oxygen atoms in total. The lowest BCUT2D eigenvalue weighted by Gasteiger charge is -2.08. The predicted molar refractivity (Wildman–Crippen MR) is 81.3 cm³/mol. The van der Waals surface area contributed by atoms with Gasteiger partial charge in [0.05, 0.1) is 16.2 Å². The molecule has 2 heterocycles. The number of benzene rings is 1. The molecule has 0 aliphatic heterocycles. The van der Waals surface area contributed by atoms with Crippen molar-refractivity contribution in [2.45, 2.75) is 23.4 Å². The zero-order valence-electron chi connectivity index (χ0n) is 11.0. The maximum absolute atomic E-state index is 12.0. The van der Waals surface area contributed by atoms with Gasteiger partial charge >= 0.3 is 0 Å². The molecule has 102 valence electrons. The number of nitrogens with zero attached hydrogens (tertiary/aromatic N) is 3. The third-order valence-electron chi connectivity index (χ3n) is 2.80. The van der Waals surface area contributed by atoms with Crippen molar-refractivity contribution >= 4 is 34.0 Å². The zero-order chi connectivity index (χ0) is 14.1. The first-order valence-electron chi connectivity index (χ1n) is 6.09. The molecule has 0 aliphatic rings. The smallest absolute Gasteiger partial charge is 0.258 e. The predicted octanol–water partition coefficient (Wildman–Crippen LogP) is 2.94. The summed E-state index contributed by atoms with van der Waals surface area (Å²) in [4.78, 5) is 19.4. The molecule has 0 spiro atoms. The number of H-pyrrole nitrogens is 1. The summed E-state index contributed by atoms with van der Waals surface area (Å²) in [6.07, 6.45) is 0. The highest BCUT2D eigenvalue weighted by Crippen LogP contribution is 2.34. The summed E-state index contributed by atoms with van der Waals surface area (Å²) in [5, 5.41) is 9.62. The van der Waals surface area contributed by atoms with Gasteiger partial charge in [-0.15, -0.1) is 10.2 Å². The van der Waals surface area contributed by atoms with E-state index in [4.69, 9.17) is 0 Å². The number of aryl methyl sites for hydroxylation is 1. The fourth-order valence-electron chi connectivity index (χ4n) is 1.83. The lowest BCUT2D eigenvalue weighted by atomic mass is 10.2. The van der Waals surface area contributed by atoms with Crippen LogP contribution in [-0.2, 0) is 0 Å². The van der Waals surface area contributed by atoms with Crippen molar-refractivity contribution in [3.05, 3.63) is 45.5 Å². The van der Waals surface area contributed by atoms with E-state index in [0.29, 0.717) is 16.7 Å². The van der Waals surface area contributed by atoms with Gasteiger partial charge in [0.25, 0.3) is 5.56 Å². The molecule has 0 fully saturated rings. The molecule has 20 heavy (non-hydrogen) atoms. The van der Waals surface area contributed by atoms with Crippen molar-refractivity contribution in [2.75, 3.05) is 0 Å². The first kappa shape index (κ1) is 13.3. The summed E-state index contributed by atoms with van der Waals surface area (Å²) < 4.78 is 0.880. The van der Waals surface area contributed by atoms with Crippen LogP contribution in [0.2, 0.25) is 0 Å². The van der Waals surface area contributed by atoms with Gasteiger partial charge in [-0.05, 0) is 26.0 Å². The van der Waals surface area contributed by atoms with Crippen molar-refractivity contribution in [3.8, 4) is 0 Å². The maximum Gasteiger partial charge on any atom is 0.258 e. The summed E-state index contributed by atoms with van der Waals surface area (Å²) in [6, 6.07) is 7.34. The molecule has 2 aromatic heterocycles. The summed E-state index contributed by atoms with van der Waals surface area (Å²) in [7, 11) is 0. The standard InChI is InChI=1S/C13H12N4OS2/c1-7(19-13-17-16-8(2)20-13)11-14-10-6-4-3-5-9(10)12(18)15-11/h3-7H,1-2H3,(H,14,15,18)/t7-/m0/s1. The summed E-state index contributed by atoms with van der Waals surface area (Å²) in [5.41, 5.74) is 0.610. The van der Waals surface area contributed by atoms with Gasteiger partial charge in [-0.1, -0.05) is 35.2 Å². The second-order valence-corrected chi connectivity index (χ2v) is 7.08. The molecule has 0 saturated carbocycles. The molecule has 0 bridgehead atoms. The molecule has 0 radical (unpaired) electrons. The third-order valence-corrected chi connectivity index (χ3v) is 4.83. The number of aromatic nitrogens is 4. The van der Waals surface area contributed by atoms with E-state index in [1.165, 1.54) is 11.3 Å². The van der Waals surface area contributed by atoms with Crippen molar-refractivity contribution in [1.82, 2.24) is 20.2 Å². The van der Waals surface area contributed by atoms with Crippen LogP contribution in [-0.4, -0.2) is 20.2 Å². The van der Waals surface area contributed by atoms with E-state index in [0.717, 1.165) is 9.35 Å². The molecule has 0 aliphatic carbocycles. The number of fused-ring (bicyclic) bond motifs is 1. The first-order valence-corrected chi connectivity index (χ1v) is 7.79. The van der Waals surface area contributed by atoms with Crippen molar-refractivity contribution in [2.24, 2.45) is 0 Å². The van der Waals surface area contributed by atoms with Crippen LogP contribution in [0.1, 0.15) is 23.0 Å². The molecule has 0 amide bonds. The number of nitrogens with one attached hydrogen (secondary N) is 1. The molecule has 1 aromatic carbocycles. The molecular weight excluding hydrogens is 292 g/mol. The van der Waals surface area contributed by atoms with Gasteiger partial charge in [0.1, 0.15) is 10.8 Å². The second kappa shape index (κ2) is 5.34. The number of hydrogen-bond acceptors (Lipinski definition) is 6. The van der Waals surface area contributed by atoms with Gasteiger partial charge in [-0.2, -0.15) is 0 Å². The van der Waals surface area contributed by atoms with E-state index in [1.807, 2.05) is 32.0 Å². The Labute approximate surface area is 123 Å². The Balaban J connectivity index is 1.95. The monoisotopic (exact) mass is 304 g/mol. The van der Waals surface area contributed by atoms with Crippen LogP contribution in [0.5, 0.6) is 0 Å². The Bertz CT molecular complexity index is 811. The SMILES string of the molecule is Cc1nnc(S[C@@H](C)c2nc3ccccc3c(=O)[nH]2)s1. The van der Waals surface area contributed by atoms with Crippen LogP contribution < -0.4 is 5.56 Å². The van der Waals surface area contributed by atoms with Gasteiger partial charge < -0.3 is 4.98 Å². The fraction of sp³-hybridized carbons (Fsp3) is 0.231. The van der Waals surface area contributed by atoms with Crippen LogP contribution in [0.15, 0.2) is 33.4 Å². The van der Waals surface area contributed by atoms with Crippen molar-refractivity contribution in [1.29, 1.82) is 0 Å². The van der Waals surface area contributed by atoms with Crippen LogP contribution in [0.3, 0.4) is 0 Å². The van der Waals surface area contributed by atoms with Crippen LogP contribution in [0.25, 0.3) is 10.9 Å². The Morgan fingerprint density at radius 3 is 2.85 bits per heavy atom. The average Bonchev–Trinajstić information content (AvgIpc) is 2.84. The summed E-state index contributed by atoms with van der Waals surface area (Å²) in [6.45, 7) is 3.91. The number of aromatic amines is 1. The Hall–Kier alpha value is -1.73. The Morgan fingerprint density at radius 1 is 1.30 bits per heavy atom. The minimum atomic E-state index is -0.105. The molecule has 0 unspecified atom stereocenters. The number of rotatable bonds is 3. The molecule has 3 rings (SSSR count). The van der Waals surface area contributed by atoms with Gasteiger partial charge in [-0.25, -0.2) is 4.98 Å². The lowest BCUT2D eigenvalue weighted by molar-refractivity contribution is 0.914. The molecular formula is C13H12N4OS2. The van der Waals surface area contributed by atoms with E-state index in [2.05, 4.69) is 20.2 Å². The highest BCUT2D eigenvalue weighted by atomic mass is 32.2. The average molecular weight is 304 g/mol. The van der Waals surface area contributed by atoms with Crippen molar-refractivity contribution < 1.29 is 0 Å². The number of thioether (sulfide) groups is 1. The van der Waals surface area contributed by atoms with Crippen molar-refractivity contribution in [3.63, 3.8) is 0 Å². The second-order valence-electron chi connectivity index (χ2n) is 4.32. The molecule has 1 atom stereocenters. The Kier molecular flexibility index (Phi) is 3.54. The topological polar surface area (TPSA) is 71.5 Å². The van der Waals surface area contributed by atoms with E-state index in [9.17, 15) is 4.79 Å². The highest BCUT2D eigenvalue weighted by molar-refractivity contribution is 8.01. The molecule has 0 saturated heterocycles. The first-order chi connectivity index (χ1) is 9.63. The zero-order valence-corrected chi connectivity index (χ0v) is 12.6. The van der Waals surface area contributed by atoms with E-state index < -0.39 is 0 Å². The minimum absolute atomic E-state index is 0.0136. The van der Waals surface area contributed by atoms with Crippen LogP contribution in [0, 0.1) is 6.92 Å². The van der Waals surface area contributed by atoms with Gasteiger partial charge in [-0.3, -0.25) is 4.79 Å². The summed E-state index contributed by atoms with van der Waals surface area (Å²) in [5.74, 6) is 0.659. The van der Waals surface area contributed by atoms with Gasteiger partial charge in [0.2, 0.25) is 0 Å².